The highest BCUT2D eigenvalue weighted by atomic mass is 16.2. The summed E-state index contributed by atoms with van der Waals surface area (Å²) in [4.78, 5) is 31.5. The molecule has 0 saturated carbocycles. The zero-order valence-corrected chi connectivity index (χ0v) is 15.3. The van der Waals surface area contributed by atoms with Crippen molar-refractivity contribution in [3.05, 3.63) is 65.7 Å². The van der Waals surface area contributed by atoms with Gasteiger partial charge in [0.05, 0.1) is 11.7 Å². The SMILES string of the molecule is Cc1ccc(N2NC(C(=O)N3CCCC3c3ccccc3)=NCC2=O)cc1. The summed E-state index contributed by atoms with van der Waals surface area (Å²) in [6.07, 6.45) is 1.89. The van der Waals surface area contributed by atoms with E-state index in [-0.39, 0.29) is 30.2 Å². The normalized spacial score (nSPS) is 19.7. The van der Waals surface area contributed by atoms with Crippen molar-refractivity contribution >= 4 is 23.3 Å². The number of carbonyl (C=O) groups excluding carboxylic acids is 2. The third-order valence-corrected chi connectivity index (χ3v) is 5.03. The van der Waals surface area contributed by atoms with Crippen molar-refractivity contribution < 1.29 is 9.59 Å². The monoisotopic (exact) mass is 362 g/mol. The molecule has 1 N–H and O–H groups in total. The zero-order chi connectivity index (χ0) is 18.8. The molecule has 138 valence electrons. The fraction of sp³-hybridized carbons (Fsp3) is 0.286. The molecule has 0 radical (unpaired) electrons. The Labute approximate surface area is 158 Å². The van der Waals surface area contributed by atoms with Gasteiger partial charge in [-0.2, -0.15) is 0 Å². The first-order valence-corrected chi connectivity index (χ1v) is 9.20. The van der Waals surface area contributed by atoms with E-state index in [2.05, 4.69) is 22.6 Å². The van der Waals surface area contributed by atoms with Gasteiger partial charge in [-0.25, -0.2) is 5.01 Å². The van der Waals surface area contributed by atoms with Crippen molar-refractivity contribution in [2.24, 2.45) is 4.99 Å². The van der Waals surface area contributed by atoms with Crippen molar-refractivity contribution in [3.8, 4) is 0 Å². The van der Waals surface area contributed by atoms with E-state index in [0.717, 1.165) is 24.0 Å². The van der Waals surface area contributed by atoms with Gasteiger partial charge in [0.15, 0.2) is 0 Å². The molecule has 27 heavy (non-hydrogen) atoms. The van der Waals surface area contributed by atoms with Gasteiger partial charge in [-0.3, -0.25) is 20.0 Å². The standard InChI is InChI=1S/C21H22N4O2/c1-15-9-11-17(12-10-15)25-19(26)14-22-20(23-25)21(27)24-13-5-8-18(24)16-6-3-2-4-7-16/h2-4,6-7,9-12,18H,5,8,13-14H2,1H3,(H,22,23). The first-order chi connectivity index (χ1) is 13.1. The summed E-state index contributed by atoms with van der Waals surface area (Å²) in [5, 5.41) is 1.41. The number of hydrogen-bond donors (Lipinski definition) is 1. The van der Waals surface area contributed by atoms with Gasteiger partial charge >= 0.3 is 0 Å². The smallest absolute Gasteiger partial charge is 0.291 e. The lowest BCUT2D eigenvalue weighted by molar-refractivity contribution is -0.125. The van der Waals surface area contributed by atoms with Gasteiger partial charge in [-0.05, 0) is 37.5 Å². The van der Waals surface area contributed by atoms with E-state index in [0.29, 0.717) is 12.2 Å². The molecule has 2 aliphatic rings. The van der Waals surface area contributed by atoms with Crippen LogP contribution in [-0.4, -0.2) is 35.6 Å². The lowest BCUT2D eigenvalue weighted by atomic mass is 10.0. The minimum Gasteiger partial charge on any atom is -0.329 e. The molecule has 0 aliphatic carbocycles. The Balaban J connectivity index is 1.55. The fourth-order valence-electron chi connectivity index (χ4n) is 3.61. The predicted molar refractivity (Wildman–Crippen MR) is 104 cm³/mol. The lowest BCUT2D eigenvalue weighted by Crippen LogP contribution is -2.56. The molecular weight excluding hydrogens is 340 g/mol. The number of aliphatic imine (C=N–C) groups is 1. The molecule has 2 heterocycles. The number of anilines is 1. The Morgan fingerprint density at radius 2 is 1.85 bits per heavy atom. The fourth-order valence-corrected chi connectivity index (χ4v) is 3.61. The predicted octanol–water partition coefficient (Wildman–Crippen LogP) is 2.61. The maximum absolute atomic E-state index is 13.1. The summed E-state index contributed by atoms with van der Waals surface area (Å²) in [6, 6.07) is 17.7. The Morgan fingerprint density at radius 3 is 2.59 bits per heavy atom. The molecule has 4 rings (SSSR count). The van der Waals surface area contributed by atoms with E-state index in [1.54, 1.807) is 0 Å². The topological polar surface area (TPSA) is 65.0 Å². The van der Waals surface area contributed by atoms with Crippen LogP contribution in [-0.2, 0) is 9.59 Å². The van der Waals surface area contributed by atoms with Crippen LogP contribution in [0, 0.1) is 6.92 Å². The van der Waals surface area contributed by atoms with Crippen LogP contribution in [0.4, 0.5) is 5.69 Å². The summed E-state index contributed by atoms with van der Waals surface area (Å²) in [5.74, 6) is -0.125. The minimum atomic E-state index is -0.184. The van der Waals surface area contributed by atoms with Crippen LogP contribution < -0.4 is 10.4 Å². The van der Waals surface area contributed by atoms with Crippen LogP contribution in [0.5, 0.6) is 0 Å². The van der Waals surface area contributed by atoms with Gasteiger partial charge in [-0.15, -0.1) is 0 Å². The molecule has 6 heteroatoms. The van der Waals surface area contributed by atoms with Gasteiger partial charge in [0.1, 0.15) is 6.54 Å². The third kappa shape index (κ3) is 3.43. The van der Waals surface area contributed by atoms with Crippen LogP contribution in [0.2, 0.25) is 0 Å². The van der Waals surface area contributed by atoms with Crippen LogP contribution in [0.3, 0.4) is 0 Å². The average Bonchev–Trinajstić information content (AvgIpc) is 3.19. The Kier molecular flexibility index (Phi) is 4.62. The summed E-state index contributed by atoms with van der Waals surface area (Å²) >= 11 is 0. The van der Waals surface area contributed by atoms with Gasteiger partial charge in [-0.1, -0.05) is 48.0 Å². The maximum Gasteiger partial charge on any atom is 0.291 e. The molecule has 1 fully saturated rings. The number of amides is 2. The molecular formula is C21H22N4O2. The molecule has 0 bridgehead atoms. The number of carbonyl (C=O) groups is 2. The molecule has 2 aliphatic heterocycles. The Hall–Kier alpha value is -3.15. The lowest BCUT2D eigenvalue weighted by Gasteiger charge is -2.31. The number of nitrogens with one attached hydrogen (secondary N) is 1. The third-order valence-electron chi connectivity index (χ3n) is 5.03. The molecule has 2 amide bonds. The number of hydrazine groups is 1. The first kappa shape index (κ1) is 17.3. The van der Waals surface area contributed by atoms with Crippen molar-refractivity contribution in [1.82, 2.24) is 10.3 Å². The van der Waals surface area contributed by atoms with E-state index < -0.39 is 0 Å². The largest absolute Gasteiger partial charge is 0.329 e. The Bertz CT molecular complexity index is 877. The van der Waals surface area contributed by atoms with Gasteiger partial charge in [0.2, 0.25) is 5.84 Å². The van der Waals surface area contributed by atoms with Gasteiger partial charge < -0.3 is 4.90 Å². The molecule has 2 aromatic rings. The summed E-state index contributed by atoms with van der Waals surface area (Å²) in [7, 11) is 0. The molecule has 6 nitrogen and oxygen atoms in total. The van der Waals surface area contributed by atoms with Crippen LogP contribution in [0.25, 0.3) is 0 Å². The minimum absolute atomic E-state index is 0.0359. The molecule has 1 atom stereocenters. The van der Waals surface area contributed by atoms with E-state index >= 15 is 0 Å². The highest BCUT2D eigenvalue weighted by molar-refractivity contribution is 6.39. The van der Waals surface area contributed by atoms with Crippen molar-refractivity contribution in [1.29, 1.82) is 0 Å². The number of benzene rings is 2. The number of aryl methyl sites for hydroxylation is 1. The first-order valence-electron chi connectivity index (χ1n) is 9.20. The molecule has 1 unspecified atom stereocenters. The van der Waals surface area contributed by atoms with Gasteiger partial charge in [0.25, 0.3) is 11.8 Å². The van der Waals surface area contributed by atoms with E-state index in [4.69, 9.17) is 0 Å². The van der Waals surface area contributed by atoms with Crippen molar-refractivity contribution in [3.63, 3.8) is 0 Å². The quantitative estimate of drug-likeness (QED) is 0.913. The van der Waals surface area contributed by atoms with Crippen LogP contribution in [0.1, 0.15) is 30.0 Å². The number of rotatable bonds is 3. The number of hydrogen-bond acceptors (Lipinski definition) is 4. The van der Waals surface area contributed by atoms with E-state index in [1.165, 1.54) is 5.01 Å². The van der Waals surface area contributed by atoms with Crippen molar-refractivity contribution in [2.45, 2.75) is 25.8 Å². The number of amidine groups is 1. The molecule has 0 spiro atoms. The van der Waals surface area contributed by atoms with E-state index in [9.17, 15) is 9.59 Å². The van der Waals surface area contributed by atoms with E-state index in [1.807, 2.05) is 54.3 Å². The highest BCUT2D eigenvalue weighted by Gasteiger charge is 2.35. The zero-order valence-electron chi connectivity index (χ0n) is 15.3. The second kappa shape index (κ2) is 7.23. The van der Waals surface area contributed by atoms with Crippen LogP contribution in [0.15, 0.2) is 59.6 Å². The average molecular weight is 362 g/mol. The maximum atomic E-state index is 13.1. The summed E-state index contributed by atoms with van der Waals surface area (Å²) in [6.45, 7) is 2.64. The number of likely N-dealkylation sites (tertiary alicyclic amines) is 1. The number of nitrogens with zero attached hydrogens (tertiary/aromatic N) is 3. The van der Waals surface area contributed by atoms with Crippen molar-refractivity contribution in [2.75, 3.05) is 18.1 Å². The van der Waals surface area contributed by atoms with Crippen LogP contribution >= 0.6 is 0 Å². The highest BCUT2D eigenvalue weighted by Crippen LogP contribution is 2.32. The second-order valence-corrected chi connectivity index (χ2v) is 6.91. The summed E-state index contributed by atoms with van der Waals surface area (Å²) < 4.78 is 0. The van der Waals surface area contributed by atoms with Gasteiger partial charge in [0, 0.05) is 6.54 Å². The summed E-state index contributed by atoms with van der Waals surface area (Å²) in [5.41, 5.74) is 5.87. The molecule has 0 aromatic heterocycles. The molecule has 2 aromatic carbocycles. The molecule has 1 saturated heterocycles. The Morgan fingerprint density at radius 1 is 1.11 bits per heavy atom. The second-order valence-electron chi connectivity index (χ2n) is 6.91.